The van der Waals surface area contributed by atoms with Gasteiger partial charge < -0.3 is 15.6 Å². The SMILES string of the molecule is COC1(c2ccc3cc(C(N)=O)c(=O)n(C4C=CSC4O)c3c2)CCC1. The lowest BCUT2D eigenvalue weighted by Crippen LogP contribution is -2.37. The lowest BCUT2D eigenvalue weighted by atomic mass is 9.74. The summed E-state index contributed by atoms with van der Waals surface area (Å²) in [7, 11) is 1.70. The molecule has 1 aliphatic heterocycles. The zero-order valence-corrected chi connectivity index (χ0v) is 15.2. The standard InChI is InChI=1S/C19H20N2O4S/c1-25-19(6-2-7-19)12-4-3-11-9-13(16(20)22)17(23)21(15(11)10-12)14-5-8-26-18(14)24/h3-5,8-10,14,18,24H,2,6-7H2,1H3,(H2,20,22). The topological polar surface area (TPSA) is 94.5 Å². The summed E-state index contributed by atoms with van der Waals surface area (Å²) in [6.07, 6.45) is 4.73. The van der Waals surface area contributed by atoms with Crippen LogP contribution in [0.1, 0.15) is 41.2 Å². The molecule has 0 spiro atoms. The minimum atomic E-state index is -0.789. The Balaban J connectivity index is 2.00. The van der Waals surface area contributed by atoms with Crippen molar-refractivity contribution in [3.63, 3.8) is 0 Å². The Kier molecular flexibility index (Phi) is 4.17. The monoisotopic (exact) mass is 372 g/mol. The third-order valence-corrected chi connectivity index (χ3v) is 6.34. The van der Waals surface area contributed by atoms with E-state index < -0.39 is 22.9 Å². The zero-order valence-electron chi connectivity index (χ0n) is 14.3. The van der Waals surface area contributed by atoms with Gasteiger partial charge in [0.05, 0.1) is 17.2 Å². The highest BCUT2D eigenvalue weighted by atomic mass is 32.2. The highest BCUT2D eigenvalue weighted by molar-refractivity contribution is 8.02. The first-order chi connectivity index (χ1) is 12.5. The van der Waals surface area contributed by atoms with Gasteiger partial charge in [-0.15, -0.1) is 11.8 Å². The fraction of sp³-hybridized carbons (Fsp3) is 0.368. The third-order valence-electron chi connectivity index (χ3n) is 5.47. The number of thioether (sulfide) groups is 1. The molecule has 1 aromatic carbocycles. The van der Waals surface area contributed by atoms with E-state index in [4.69, 9.17) is 10.5 Å². The van der Waals surface area contributed by atoms with Crippen LogP contribution in [-0.2, 0) is 10.3 Å². The number of primary amides is 1. The average Bonchev–Trinajstić information content (AvgIpc) is 2.99. The van der Waals surface area contributed by atoms with Crippen molar-refractivity contribution in [2.24, 2.45) is 5.73 Å². The van der Waals surface area contributed by atoms with E-state index in [0.717, 1.165) is 30.2 Å². The Hall–Kier alpha value is -2.09. The fourth-order valence-electron chi connectivity index (χ4n) is 3.79. The van der Waals surface area contributed by atoms with Crippen molar-refractivity contribution >= 4 is 28.6 Å². The Labute approximate surface area is 154 Å². The van der Waals surface area contributed by atoms with Crippen molar-refractivity contribution < 1.29 is 14.6 Å². The molecule has 1 fully saturated rings. The van der Waals surface area contributed by atoms with Gasteiger partial charge >= 0.3 is 0 Å². The van der Waals surface area contributed by atoms with Crippen LogP contribution >= 0.6 is 11.8 Å². The molecule has 2 unspecified atom stereocenters. The molecule has 1 amide bonds. The van der Waals surface area contributed by atoms with Gasteiger partial charge in [-0.2, -0.15) is 0 Å². The number of amides is 1. The molecule has 0 saturated heterocycles. The van der Waals surface area contributed by atoms with Gasteiger partial charge in [0.25, 0.3) is 11.5 Å². The molecule has 4 rings (SSSR count). The molecule has 6 nitrogen and oxygen atoms in total. The number of carbonyl (C=O) groups excluding carboxylic acids is 1. The molecule has 0 bridgehead atoms. The summed E-state index contributed by atoms with van der Waals surface area (Å²) >= 11 is 1.24. The van der Waals surface area contributed by atoms with Gasteiger partial charge in [0.15, 0.2) is 0 Å². The van der Waals surface area contributed by atoms with Crippen LogP contribution in [0.4, 0.5) is 0 Å². The second-order valence-electron chi connectivity index (χ2n) is 6.77. The minimum absolute atomic E-state index is 0.0761. The fourth-order valence-corrected chi connectivity index (χ4v) is 4.58. The van der Waals surface area contributed by atoms with Crippen LogP contribution in [0.15, 0.2) is 40.5 Å². The second-order valence-corrected chi connectivity index (χ2v) is 7.80. The van der Waals surface area contributed by atoms with Crippen molar-refractivity contribution in [3.05, 3.63) is 57.2 Å². The van der Waals surface area contributed by atoms with E-state index in [1.807, 2.05) is 18.2 Å². The van der Waals surface area contributed by atoms with Crippen molar-refractivity contribution in [1.82, 2.24) is 4.57 Å². The quantitative estimate of drug-likeness (QED) is 0.858. The van der Waals surface area contributed by atoms with Crippen LogP contribution in [0.2, 0.25) is 0 Å². The predicted molar refractivity (Wildman–Crippen MR) is 101 cm³/mol. The maximum Gasteiger partial charge on any atom is 0.264 e. The second kappa shape index (κ2) is 6.26. The van der Waals surface area contributed by atoms with Gasteiger partial charge in [0.1, 0.15) is 11.0 Å². The molecule has 26 heavy (non-hydrogen) atoms. The van der Waals surface area contributed by atoms with E-state index in [1.165, 1.54) is 22.4 Å². The molecule has 2 aliphatic rings. The van der Waals surface area contributed by atoms with Crippen LogP contribution in [0.25, 0.3) is 10.9 Å². The van der Waals surface area contributed by atoms with Crippen molar-refractivity contribution in [3.8, 4) is 0 Å². The summed E-state index contributed by atoms with van der Waals surface area (Å²) in [4.78, 5) is 24.7. The number of nitrogens with two attached hydrogens (primary N) is 1. The summed E-state index contributed by atoms with van der Waals surface area (Å²) in [6.45, 7) is 0. The first kappa shape index (κ1) is 17.3. The number of aromatic nitrogens is 1. The third kappa shape index (κ3) is 2.50. The summed E-state index contributed by atoms with van der Waals surface area (Å²) in [5.74, 6) is -0.772. The maximum atomic E-state index is 12.9. The summed E-state index contributed by atoms with van der Waals surface area (Å²) < 4.78 is 7.23. The number of carbonyl (C=O) groups is 1. The molecule has 1 aliphatic carbocycles. The van der Waals surface area contributed by atoms with E-state index in [-0.39, 0.29) is 11.2 Å². The minimum Gasteiger partial charge on any atom is -0.380 e. The van der Waals surface area contributed by atoms with Crippen LogP contribution < -0.4 is 11.3 Å². The van der Waals surface area contributed by atoms with Gasteiger partial charge in [-0.05, 0) is 47.8 Å². The highest BCUT2D eigenvalue weighted by Crippen LogP contribution is 2.45. The molecule has 2 atom stereocenters. The zero-order chi connectivity index (χ0) is 18.5. The van der Waals surface area contributed by atoms with Crippen molar-refractivity contribution in [2.75, 3.05) is 7.11 Å². The molecule has 2 heterocycles. The lowest BCUT2D eigenvalue weighted by molar-refractivity contribution is -0.0777. The number of methoxy groups -OCH3 is 1. The maximum absolute atomic E-state index is 12.9. The Morgan fingerprint density at radius 2 is 2.15 bits per heavy atom. The average molecular weight is 372 g/mol. The molecular weight excluding hydrogens is 352 g/mol. The van der Waals surface area contributed by atoms with E-state index in [9.17, 15) is 14.7 Å². The number of nitrogens with zero attached hydrogens (tertiary/aromatic N) is 1. The van der Waals surface area contributed by atoms with E-state index >= 15 is 0 Å². The number of fused-ring (bicyclic) bond motifs is 1. The van der Waals surface area contributed by atoms with E-state index in [1.54, 1.807) is 18.6 Å². The molecular formula is C19H20N2O4S. The normalized spacial score (nSPS) is 23.9. The first-order valence-corrected chi connectivity index (χ1v) is 9.46. The van der Waals surface area contributed by atoms with E-state index in [0.29, 0.717) is 5.52 Å². The number of aliphatic hydroxyl groups excluding tert-OH is 1. The van der Waals surface area contributed by atoms with Gasteiger partial charge in [-0.1, -0.05) is 18.2 Å². The van der Waals surface area contributed by atoms with Gasteiger partial charge in [0, 0.05) is 7.11 Å². The predicted octanol–water partition coefficient (Wildman–Crippen LogP) is 2.25. The smallest absolute Gasteiger partial charge is 0.264 e. The summed E-state index contributed by atoms with van der Waals surface area (Å²) in [5, 5.41) is 12.8. The van der Waals surface area contributed by atoms with E-state index in [2.05, 4.69) is 0 Å². The van der Waals surface area contributed by atoms with Crippen LogP contribution in [0, 0.1) is 0 Å². The number of aliphatic hydroxyl groups is 1. The van der Waals surface area contributed by atoms with Crippen molar-refractivity contribution in [2.45, 2.75) is 36.3 Å². The number of hydrogen-bond donors (Lipinski definition) is 2. The van der Waals surface area contributed by atoms with Gasteiger partial charge in [-0.3, -0.25) is 14.2 Å². The number of hydrogen-bond acceptors (Lipinski definition) is 5. The Morgan fingerprint density at radius 1 is 1.38 bits per heavy atom. The van der Waals surface area contributed by atoms with Crippen LogP contribution in [0.5, 0.6) is 0 Å². The lowest BCUT2D eigenvalue weighted by Gasteiger charge is -2.41. The molecule has 1 saturated carbocycles. The van der Waals surface area contributed by atoms with Gasteiger partial charge in [-0.25, -0.2) is 0 Å². The van der Waals surface area contributed by atoms with Crippen LogP contribution in [-0.4, -0.2) is 28.1 Å². The molecule has 3 N–H and O–H groups in total. The molecule has 1 aromatic heterocycles. The largest absolute Gasteiger partial charge is 0.380 e. The Morgan fingerprint density at radius 3 is 2.69 bits per heavy atom. The number of rotatable bonds is 4. The molecule has 0 radical (unpaired) electrons. The first-order valence-electron chi connectivity index (χ1n) is 8.52. The number of pyridine rings is 1. The number of benzene rings is 1. The molecule has 7 heteroatoms. The molecule has 136 valence electrons. The summed E-state index contributed by atoms with van der Waals surface area (Å²) in [6, 6.07) is 6.77. The number of ether oxygens (including phenoxy) is 1. The summed E-state index contributed by atoms with van der Waals surface area (Å²) in [5.41, 5.74) is 5.39. The van der Waals surface area contributed by atoms with Gasteiger partial charge in [0.2, 0.25) is 0 Å². The molecule has 2 aromatic rings. The Bertz CT molecular complexity index is 972. The van der Waals surface area contributed by atoms with Crippen molar-refractivity contribution in [1.29, 1.82) is 0 Å². The highest BCUT2D eigenvalue weighted by Gasteiger charge is 2.39. The van der Waals surface area contributed by atoms with Crippen LogP contribution in [0.3, 0.4) is 0 Å².